The molecule has 0 bridgehead atoms. The summed E-state index contributed by atoms with van der Waals surface area (Å²) in [5.74, 6) is -1.43. The lowest BCUT2D eigenvalue weighted by molar-refractivity contribution is -0.143. The molecule has 8 heteroatoms. The van der Waals surface area contributed by atoms with Crippen molar-refractivity contribution >= 4 is 21.8 Å². The van der Waals surface area contributed by atoms with Crippen LogP contribution in [0.4, 0.5) is 4.79 Å². The van der Waals surface area contributed by atoms with Crippen molar-refractivity contribution in [1.82, 2.24) is 9.80 Å². The van der Waals surface area contributed by atoms with Crippen LogP contribution in [0.15, 0.2) is 0 Å². The van der Waals surface area contributed by atoms with E-state index in [1.54, 1.807) is 11.8 Å². The van der Waals surface area contributed by atoms with Crippen molar-refractivity contribution in [2.24, 2.45) is 5.92 Å². The minimum Gasteiger partial charge on any atom is -0.481 e. The molecule has 2 fully saturated rings. The molecule has 2 heterocycles. The van der Waals surface area contributed by atoms with Crippen molar-refractivity contribution in [3.8, 4) is 0 Å². The van der Waals surface area contributed by atoms with Crippen molar-refractivity contribution in [2.75, 3.05) is 31.1 Å². The Morgan fingerprint density at radius 2 is 1.95 bits per heavy atom. The average Bonchev–Trinajstić information content (AvgIpc) is 2.37. The van der Waals surface area contributed by atoms with E-state index in [9.17, 15) is 18.0 Å². The molecule has 0 aliphatic carbocycles. The van der Waals surface area contributed by atoms with Crippen LogP contribution in [0.2, 0.25) is 0 Å². The summed E-state index contributed by atoms with van der Waals surface area (Å²) < 4.78 is 23.0. The SMILES string of the molecule is CC1CS(=O)(=O)CCN1C(=O)N1CCC[C@@H](C(=O)O)C1. The van der Waals surface area contributed by atoms with E-state index in [-0.39, 0.29) is 36.7 Å². The number of rotatable bonds is 1. The third kappa shape index (κ3) is 3.23. The van der Waals surface area contributed by atoms with Crippen LogP contribution >= 0.6 is 0 Å². The number of aliphatic carboxylic acids is 1. The van der Waals surface area contributed by atoms with Gasteiger partial charge in [0.2, 0.25) is 0 Å². The summed E-state index contributed by atoms with van der Waals surface area (Å²) in [5, 5.41) is 9.04. The number of carbonyl (C=O) groups is 2. The number of hydrogen-bond donors (Lipinski definition) is 1. The Labute approximate surface area is 118 Å². The van der Waals surface area contributed by atoms with Crippen molar-refractivity contribution in [3.63, 3.8) is 0 Å². The Morgan fingerprint density at radius 3 is 2.55 bits per heavy atom. The lowest BCUT2D eigenvalue weighted by Gasteiger charge is -2.39. The summed E-state index contributed by atoms with van der Waals surface area (Å²) in [6.07, 6.45) is 1.26. The molecular weight excluding hydrogens is 284 g/mol. The fourth-order valence-electron chi connectivity index (χ4n) is 2.82. The number of nitrogens with zero attached hydrogens (tertiary/aromatic N) is 2. The van der Waals surface area contributed by atoms with Crippen LogP contribution in [0.5, 0.6) is 0 Å². The maximum Gasteiger partial charge on any atom is 0.320 e. The Bertz CT molecular complexity index is 504. The van der Waals surface area contributed by atoms with Gasteiger partial charge in [-0.25, -0.2) is 13.2 Å². The third-order valence-corrected chi connectivity index (χ3v) is 5.75. The van der Waals surface area contributed by atoms with Crippen LogP contribution in [0.25, 0.3) is 0 Å². The van der Waals surface area contributed by atoms with Gasteiger partial charge in [-0.1, -0.05) is 0 Å². The van der Waals surface area contributed by atoms with E-state index < -0.39 is 21.7 Å². The number of sulfone groups is 1. The number of likely N-dealkylation sites (tertiary alicyclic amines) is 1. The second-order valence-electron chi connectivity index (χ2n) is 5.56. The largest absolute Gasteiger partial charge is 0.481 e. The Kier molecular flexibility index (Phi) is 4.22. The number of carboxylic acids is 1. The molecule has 0 radical (unpaired) electrons. The molecule has 0 aromatic rings. The van der Waals surface area contributed by atoms with Crippen molar-refractivity contribution in [2.45, 2.75) is 25.8 Å². The number of carboxylic acid groups (broad SMARTS) is 1. The first-order valence-electron chi connectivity index (χ1n) is 6.79. The van der Waals surface area contributed by atoms with Gasteiger partial charge in [-0.3, -0.25) is 4.79 Å². The zero-order valence-corrected chi connectivity index (χ0v) is 12.3. The fourth-order valence-corrected chi connectivity index (χ4v) is 4.37. The standard InChI is InChI=1S/C12H20N2O5S/c1-9-8-20(18,19)6-5-14(9)12(17)13-4-2-3-10(7-13)11(15)16/h9-10H,2-8H2,1H3,(H,15,16)/t9?,10-/m1/s1. The molecule has 114 valence electrons. The lowest BCUT2D eigenvalue weighted by atomic mass is 9.98. The molecule has 2 amide bonds. The molecule has 0 aromatic carbocycles. The van der Waals surface area contributed by atoms with E-state index in [0.29, 0.717) is 19.4 Å². The fraction of sp³-hybridized carbons (Fsp3) is 0.833. The highest BCUT2D eigenvalue weighted by atomic mass is 32.2. The number of urea groups is 1. The van der Waals surface area contributed by atoms with Crippen molar-refractivity contribution in [3.05, 3.63) is 0 Å². The van der Waals surface area contributed by atoms with Crippen LogP contribution in [0.3, 0.4) is 0 Å². The number of carbonyl (C=O) groups excluding carboxylic acids is 1. The Morgan fingerprint density at radius 1 is 1.25 bits per heavy atom. The predicted octanol–water partition coefficient (Wildman–Crippen LogP) is 0.0219. The van der Waals surface area contributed by atoms with Gasteiger partial charge >= 0.3 is 12.0 Å². The summed E-state index contributed by atoms with van der Waals surface area (Å²) in [5.41, 5.74) is 0. The quantitative estimate of drug-likeness (QED) is 0.737. The molecule has 20 heavy (non-hydrogen) atoms. The average molecular weight is 304 g/mol. The summed E-state index contributed by atoms with van der Waals surface area (Å²) in [6.45, 7) is 2.66. The maximum atomic E-state index is 12.4. The van der Waals surface area contributed by atoms with Gasteiger partial charge in [0.25, 0.3) is 0 Å². The summed E-state index contributed by atoms with van der Waals surface area (Å²) in [4.78, 5) is 26.5. The molecule has 2 aliphatic heterocycles. The number of piperidine rings is 1. The minimum absolute atomic E-state index is 0.0146. The van der Waals surface area contributed by atoms with Gasteiger partial charge in [0, 0.05) is 25.7 Å². The van der Waals surface area contributed by atoms with E-state index in [1.807, 2.05) is 0 Å². The van der Waals surface area contributed by atoms with Crippen LogP contribution < -0.4 is 0 Å². The van der Waals surface area contributed by atoms with E-state index in [0.717, 1.165) is 0 Å². The van der Waals surface area contributed by atoms with Crippen LogP contribution in [0, 0.1) is 5.92 Å². The normalized spacial score (nSPS) is 30.1. The van der Waals surface area contributed by atoms with Gasteiger partial charge in [0.15, 0.2) is 9.84 Å². The molecule has 2 saturated heterocycles. The van der Waals surface area contributed by atoms with Crippen LogP contribution in [0.1, 0.15) is 19.8 Å². The predicted molar refractivity (Wildman–Crippen MR) is 72.2 cm³/mol. The molecule has 7 nitrogen and oxygen atoms in total. The van der Waals surface area contributed by atoms with Crippen LogP contribution in [-0.4, -0.2) is 72.5 Å². The second-order valence-corrected chi connectivity index (χ2v) is 7.79. The zero-order valence-electron chi connectivity index (χ0n) is 11.5. The molecule has 0 spiro atoms. The van der Waals surface area contributed by atoms with Crippen molar-refractivity contribution < 1.29 is 23.1 Å². The maximum absolute atomic E-state index is 12.4. The van der Waals surface area contributed by atoms with Gasteiger partial charge in [-0.05, 0) is 19.8 Å². The first-order chi connectivity index (χ1) is 9.30. The first-order valence-corrected chi connectivity index (χ1v) is 8.61. The van der Waals surface area contributed by atoms with Gasteiger partial charge in [0.1, 0.15) is 0 Å². The molecule has 0 aromatic heterocycles. The molecule has 1 unspecified atom stereocenters. The lowest BCUT2D eigenvalue weighted by Crippen LogP contribution is -2.56. The number of hydrogen-bond acceptors (Lipinski definition) is 4. The summed E-state index contributed by atoms with van der Waals surface area (Å²) >= 11 is 0. The monoisotopic (exact) mass is 304 g/mol. The Balaban J connectivity index is 2.02. The van der Waals surface area contributed by atoms with Gasteiger partial charge < -0.3 is 14.9 Å². The highest BCUT2D eigenvalue weighted by Crippen LogP contribution is 2.20. The third-order valence-electron chi connectivity index (χ3n) is 3.96. The second kappa shape index (κ2) is 5.59. The van der Waals surface area contributed by atoms with E-state index >= 15 is 0 Å². The topological polar surface area (TPSA) is 95.0 Å². The van der Waals surface area contributed by atoms with Gasteiger partial charge in [-0.2, -0.15) is 0 Å². The highest BCUT2D eigenvalue weighted by molar-refractivity contribution is 7.91. The summed E-state index contributed by atoms with van der Waals surface area (Å²) in [6, 6.07) is -0.593. The van der Waals surface area contributed by atoms with Gasteiger partial charge in [-0.15, -0.1) is 0 Å². The number of amides is 2. The summed E-state index contributed by atoms with van der Waals surface area (Å²) in [7, 11) is -3.06. The molecule has 2 aliphatic rings. The molecular formula is C12H20N2O5S. The van der Waals surface area contributed by atoms with Crippen LogP contribution in [-0.2, 0) is 14.6 Å². The van der Waals surface area contributed by atoms with Gasteiger partial charge in [0.05, 0.1) is 17.4 Å². The Hall–Kier alpha value is -1.31. The highest BCUT2D eigenvalue weighted by Gasteiger charge is 2.36. The van der Waals surface area contributed by atoms with E-state index in [2.05, 4.69) is 0 Å². The zero-order chi connectivity index (χ0) is 14.9. The van der Waals surface area contributed by atoms with E-state index in [1.165, 1.54) is 4.90 Å². The smallest absolute Gasteiger partial charge is 0.320 e. The molecule has 0 saturated carbocycles. The first kappa shape index (κ1) is 15.1. The van der Waals surface area contributed by atoms with Crippen molar-refractivity contribution in [1.29, 1.82) is 0 Å². The molecule has 2 atom stereocenters. The molecule has 2 rings (SSSR count). The minimum atomic E-state index is -3.06. The van der Waals surface area contributed by atoms with E-state index in [4.69, 9.17) is 5.11 Å². The molecule has 1 N–H and O–H groups in total.